The molecule has 3 rings (SSSR count). The van der Waals surface area contributed by atoms with Gasteiger partial charge in [-0.05, 0) is 35.4 Å². The first kappa shape index (κ1) is 13.6. The van der Waals surface area contributed by atoms with E-state index in [0.717, 1.165) is 11.1 Å². The average Bonchev–Trinajstić information content (AvgIpc) is 2.80. The third-order valence-corrected chi connectivity index (χ3v) is 5.01. The number of rotatable bonds is 3. The predicted molar refractivity (Wildman–Crippen MR) is 77.4 cm³/mol. The zero-order valence-electron chi connectivity index (χ0n) is 10.6. The van der Waals surface area contributed by atoms with Crippen molar-refractivity contribution < 1.29 is 12.6 Å². The van der Waals surface area contributed by atoms with Gasteiger partial charge in [0.1, 0.15) is 0 Å². The number of hydrogen-bond acceptors (Lipinski definition) is 3. The van der Waals surface area contributed by atoms with Crippen molar-refractivity contribution in [2.24, 2.45) is 0 Å². The first-order valence-electron chi connectivity index (χ1n) is 6.30. The molecule has 3 nitrogen and oxygen atoms in total. The lowest BCUT2D eigenvalue weighted by atomic mass is 10.1. The zero-order chi connectivity index (χ0) is 14.2. The Morgan fingerprint density at radius 1 is 0.950 bits per heavy atom. The Morgan fingerprint density at radius 2 is 1.50 bits per heavy atom. The molecule has 0 aliphatic heterocycles. The van der Waals surface area contributed by atoms with Crippen LogP contribution >= 0.6 is 11.6 Å². The van der Waals surface area contributed by atoms with Crippen molar-refractivity contribution in [3.05, 3.63) is 64.7 Å². The maximum Gasteiger partial charge on any atom is 0.297 e. The second-order valence-corrected chi connectivity index (χ2v) is 6.81. The lowest BCUT2D eigenvalue weighted by Crippen LogP contribution is -2.18. The summed E-state index contributed by atoms with van der Waals surface area (Å²) < 4.78 is 29.7. The molecular weight excluding hydrogens is 296 g/mol. The van der Waals surface area contributed by atoms with Crippen molar-refractivity contribution in [2.75, 3.05) is 0 Å². The molecule has 0 saturated heterocycles. The van der Waals surface area contributed by atoms with E-state index in [1.165, 1.54) is 12.1 Å². The summed E-state index contributed by atoms with van der Waals surface area (Å²) in [5.41, 5.74) is 2.31. The van der Waals surface area contributed by atoms with E-state index in [1.807, 2.05) is 24.3 Å². The van der Waals surface area contributed by atoms with Gasteiger partial charge in [0, 0.05) is 17.9 Å². The first-order valence-corrected chi connectivity index (χ1v) is 8.09. The number of fused-ring (bicyclic) bond motifs is 1. The van der Waals surface area contributed by atoms with Crippen LogP contribution in [-0.2, 0) is 27.1 Å². The summed E-state index contributed by atoms with van der Waals surface area (Å²) in [5, 5.41) is 0.497. The van der Waals surface area contributed by atoms with E-state index < -0.39 is 10.1 Å². The molecule has 104 valence electrons. The SMILES string of the molecule is O=S(=O)(OC1Cc2ccccc2C1)c1ccc(Cl)cc1. The molecular formula is C15H13ClO3S. The smallest absolute Gasteiger partial charge is 0.262 e. The molecule has 0 amide bonds. The lowest BCUT2D eigenvalue weighted by Gasteiger charge is -2.11. The topological polar surface area (TPSA) is 43.4 Å². The molecule has 2 aromatic rings. The summed E-state index contributed by atoms with van der Waals surface area (Å²) in [6.07, 6.45) is 0.930. The van der Waals surface area contributed by atoms with Crippen molar-refractivity contribution in [2.45, 2.75) is 23.8 Å². The van der Waals surface area contributed by atoms with Gasteiger partial charge in [-0.15, -0.1) is 0 Å². The fourth-order valence-corrected chi connectivity index (χ4v) is 3.62. The normalized spacial score (nSPS) is 15.2. The third kappa shape index (κ3) is 2.73. The summed E-state index contributed by atoms with van der Waals surface area (Å²) in [5.74, 6) is 0. The molecule has 0 unspecified atom stereocenters. The Bertz CT molecular complexity index is 698. The fourth-order valence-electron chi connectivity index (χ4n) is 2.42. The van der Waals surface area contributed by atoms with Crippen LogP contribution in [0, 0.1) is 0 Å². The molecule has 0 fully saturated rings. The second kappa shape index (κ2) is 5.20. The molecule has 0 bridgehead atoms. The third-order valence-electron chi connectivity index (χ3n) is 3.38. The van der Waals surface area contributed by atoms with Crippen molar-refractivity contribution in [1.29, 1.82) is 0 Å². The van der Waals surface area contributed by atoms with Crippen LogP contribution in [0.15, 0.2) is 53.4 Å². The van der Waals surface area contributed by atoms with Gasteiger partial charge in [-0.1, -0.05) is 35.9 Å². The van der Waals surface area contributed by atoms with Gasteiger partial charge in [-0.25, -0.2) is 0 Å². The van der Waals surface area contributed by atoms with Crippen LogP contribution in [0.3, 0.4) is 0 Å². The molecule has 0 atom stereocenters. The van der Waals surface area contributed by atoms with Crippen LogP contribution in [0.4, 0.5) is 0 Å². The van der Waals surface area contributed by atoms with E-state index in [0.29, 0.717) is 17.9 Å². The first-order chi connectivity index (χ1) is 9.54. The van der Waals surface area contributed by atoms with Crippen molar-refractivity contribution in [3.8, 4) is 0 Å². The number of halogens is 1. The molecule has 0 radical (unpaired) electrons. The minimum atomic E-state index is -3.74. The van der Waals surface area contributed by atoms with Gasteiger partial charge in [-0.2, -0.15) is 8.42 Å². The monoisotopic (exact) mass is 308 g/mol. The summed E-state index contributed by atoms with van der Waals surface area (Å²) in [4.78, 5) is 0.137. The molecule has 1 aliphatic carbocycles. The van der Waals surface area contributed by atoms with E-state index in [-0.39, 0.29) is 11.0 Å². The molecule has 2 aromatic carbocycles. The highest BCUT2D eigenvalue weighted by atomic mass is 35.5. The molecule has 0 heterocycles. The Balaban J connectivity index is 1.77. The second-order valence-electron chi connectivity index (χ2n) is 4.80. The van der Waals surface area contributed by atoms with Gasteiger partial charge >= 0.3 is 0 Å². The van der Waals surface area contributed by atoms with Crippen LogP contribution in [0.5, 0.6) is 0 Å². The highest BCUT2D eigenvalue weighted by molar-refractivity contribution is 7.86. The largest absolute Gasteiger partial charge is 0.297 e. The van der Waals surface area contributed by atoms with E-state index in [9.17, 15) is 8.42 Å². The minimum absolute atomic E-state index is 0.137. The maximum atomic E-state index is 12.2. The molecule has 0 N–H and O–H groups in total. The van der Waals surface area contributed by atoms with E-state index >= 15 is 0 Å². The van der Waals surface area contributed by atoms with Crippen molar-refractivity contribution in [1.82, 2.24) is 0 Å². The zero-order valence-corrected chi connectivity index (χ0v) is 12.2. The molecule has 0 aromatic heterocycles. The van der Waals surface area contributed by atoms with Crippen LogP contribution in [0.1, 0.15) is 11.1 Å². The van der Waals surface area contributed by atoms with Gasteiger partial charge in [0.2, 0.25) is 0 Å². The molecule has 0 spiro atoms. The van der Waals surface area contributed by atoms with E-state index in [1.54, 1.807) is 12.1 Å². The Kier molecular flexibility index (Phi) is 3.54. The number of benzene rings is 2. The Morgan fingerprint density at radius 3 is 2.05 bits per heavy atom. The molecule has 20 heavy (non-hydrogen) atoms. The van der Waals surface area contributed by atoms with Gasteiger partial charge < -0.3 is 0 Å². The summed E-state index contributed by atoms with van der Waals surface area (Å²) in [7, 11) is -3.74. The van der Waals surface area contributed by atoms with Gasteiger partial charge in [0.05, 0.1) is 11.0 Å². The van der Waals surface area contributed by atoms with Crippen LogP contribution in [0.25, 0.3) is 0 Å². The number of hydrogen-bond donors (Lipinski definition) is 0. The van der Waals surface area contributed by atoms with Crippen LogP contribution in [-0.4, -0.2) is 14.5 Å². The van der Waals surface area contributed by atoms with Crippen LogP contribution in [0.2, 0.25) is 5.02 Å². The van der Waals surface area contributed by atoms with Crippen LogP contribution < -0.4 is 0 Å². The van der Waals surface area contributed by atoms with Crippen molar-refractivity contribution in [3.63, 3.8) is 0 Å². The predicted octanol–water partition coefficient (Wildman–Crippen LogP) is 3.21. The quantitative estimate of drug-likeness (QED) is 0.818. The summed E-state index contributed by atoms with van der Waals surface area (Å²) >= 11 is 5.76. The van der Waals surface area contributed by atoms with Gasteiger partial charge in [0.25, 0.3) is 10.1 Å². The Labute approximate surface area is 123 Å². The fraction of sp³-hybridized carbons (Fsp3) is 0.200. The van der Waals surface area contributed by atoms with E-state index in [4.69, 9.17) is 15.8 Å². The summed E-state index contributed by atoms with van der Waals surface area (Å²) in [6.45, 7) is 0. The molecule has 0 saturated carbocycles. The Hall–Kier alpha value is -1.36. The minimum Gasteiger partial charge on any atom is -0.262 e. The molecule has 5 heteroatoms. The summed E-state index contributed by atoms with van der Waals surface area (Å²) in [6, 6.07) is 13.9. The highest BCUT2D eigenvalue weighted by Gasteiger charge is 2.27. The highest BCUT2D eigenvalue weighted by Crippen LogP contribution is 2.27. The standard InChI is InChI=1S/C15H13ClO3S/c16-13-5-7-15(8-6-13)20(17,18)19-14-9-11-3-1-2-4-12(11)10-14/h1-8,14H,9-10H2. The molecule has 1 aliphatic rings. The van der Waals surface area contributed by atoms with Gasteiger partial charge in [-0.3, -0.25) is 4.18 Å². The maximum absolute atomic E-state index is 12.2. The van der Waals surface area contributed by atoms with Gasteiger partial charge in [0.15, 0.2) is 0 Å². The average molecular weight is 309 g/mol. The van der Waals surface area contributed by atoms with E-state index in [2.05, 4.69) is 0 Å². The van der Waals surface area contributed by atoms with Crippen molar-refractivity contribution >= 4 is 21.7 Å². The lowest BCUT2D eigenvalue weighted by molar-refractivity contribution is 0.221.